The second kappa shape index (κ2) is 11.1. The van der Waals surface area contributed by atoms with Crippen molar-refractivity contribution in [1.29, 1.82) is 0 Å². The molecule has 1 atom stereocenters. The van der Waals surface area contributed by atoms with E-state index >= 15 is 0 Å². The molecular formula is C22H31ClN2O6. The number of methoxy groups -OCH3 is 1. The zero-order chi connectivity index (χ0) is 22.3. The lowest BCUT2D eigenvalue weighted by atomic mass is 9.96. The number of hydrogen-bond acceptors (Lipinski definition) is 6. The predicted molar refractivity (Wildman–Crippen MR) is 115 cm³/mol. The van der Waals surface area contributed by atoms with E-state index in [2.05, 4.69) is 0 Å². The van der Waals surface area contributed by atoms with Crippen molar-refractivity contribution >= 4 is 23.4 Å². The topological polar surface area (TPSA) is 77.5 Å². The molecule has 0 aromatic heterocycles. The van der Waals surface area contributed by atoms with Crippen LogP contribution in [0.25, 0.3) is 0 Å². The Morgan fingerprint density at radius 3 is 2.58 bits per heavy atom. The number of carbonyl (C=O) groups excluding carboxylic acids is 2. The van der Waals surface area contributed by atoms with Crippen LogP contribution >= 0.6 is 11.6 Å². The van der Waals surface area contributed by atoms with E-state index in [4.69, 9.17) is 30.5 Å². The summed E-state index contributed by atoms with van der Waals surface area (Å²) in [7, 11) is 1.57. The first kappa shape index (κ1) is 23.8. The highest BCUT2D eigenvalue weighted by molar-refractivity contribution is 6.31. The number of benzene rings is 1. The first-order chi connectivity index (χ1) is 14.9. The van der Waals surface area contributed by atoms with Gasteiger partial charge in [0.05, 0.1) is 45.8 Å². The van der Waals surface area contributed by atoms with Crippen LogP contribution in [0.1, 0.15) is 18.4 Å². The minimum atomic E-state index is -0.927. The molecule has 172 valence electrons. The number of halogens is 1. The molecule has 2 aliphatic heterocycles. The molecule has 0 saturated carbocycles. The van der Waals surface area contributed by atoms with Crippen molar-refractivity contribution in [2.45, 2.75) is 25.4 Å². The summed E-state index contributed by atoms with van der Waals surface area (Å²) < 4.78 is 22.6. The zero-order valence-corrected chi connectivity index (χ0v) is 19.0. The van der Waals surface area contributed by atoms with Crippen molar-refractivity contribution in [2.24, 2.45) is 0 Å². The number of carbonyl (C=O) groups is 2. The fourth-order valence-electron chi connectivity index (χ4n) is 3.77. The molecule has 2 amide bonds. The van der Waals surface area contributed by atoms with Gasteiger partial charge in [-0.1, -0.05) is 11.6 Å². The van der Waals surface area contributed by atoms with Crippen molar-refractivity contribution in [2.75, 3.05) is 66.3 Å². The third-order valence-corrected chi connectivity index (χ3v) is 6.01. The van der Waals surface area contributed by atoms with Gasteiger partial charge in [-0.05, 0) is 30.7 Å². The molecule has 31 heavy (non-hydrogen) atoms. The van der Waals surface area contributed by atoms with Gasteiger partial charge in [0.2, 0.25) is 11.8 Å². The lowest BCUT2D eigenvalue weighted by Crippen LogP contribution is -2.58. The molecule has 0 aliphatic carbocycles. The van der Waals surface area contributed by atoms with Crippen molar-refractivity contribution in [3.63, 3.8) is 0 Å². The van der Waals surface area contributed by atoms with Crippen LogP contribution in [0.4, 0.5) is 0 Å². The Kier molecular flexibility index (Phi) is 8.54. The maximum Gasteiger partial charge on any atom is 0.225 e. The Bertz CT molecular complexity index is 770. The van der Waals surface area contributed by atoms with Gasteiger partial charge in [-0.3, -0.25) is 9.59 Å². The Morgan fingerprint density at radius 1 is 1.13 bits per heavy atom. The highest BCUT2D eigenvalue weighted by Crippen LogP contribution is 2.27. The van der Waals surface area contributed by atoms with E-state index in [0.29, 0.717) is 63.3 Å². The number of aryl methyl sites for hydroxylation is 1. The molecule has 0 N–H and O–H groups in total. The largest absolute Gasteiger partial charge is 0.490 e. The molecule has 0 radical (unpaired) electrons. The molecule has 1 unspecified atom stereocenters. The van der Waals surface area contributed by atoms with Crippen LogP contribution in [-0.2, 0) is 23.8 Å². The Balaban J connectivity index is 1.74. The van der Waals surface area contributed by atoms with Gasteiger partial charge in [-0.25, -0.2) is 0 Å². The maximum atomic E-state index is 13.0. The van der Waals surface area contributed by atoms with E-state index in [9.17, 15) is 9.59 Å². The smallest absolute Gasteiger partial charge is 0.225 e. The van der Waals surface area contributed by atoms with Crippen LogP contribution in [0.5, 0.6) is 5.75 Å². The molecular weight excluding hydrogens is 424 g/mol. The van der Waals surface area contributed by atoms with Gasteiger partial charge in [0.25, 0.3) is 0 Å². The highest BCUT2D eigenvalue weighted by atomic mass is 35.5. The van der Waals surface area contributed by atoms with Gasteiger partial charge in [-0.2, -0.15) is 0 Å². The molecule has 2 heterocycles. The van der Waals surface area contributed by atoms with E-state index in [1.807, 2.05) is 13.0 Å². The second-order valence-electron chi connectivity index (χ2n) is 7.96. The van der Waals surface area contributed by atoms with Crippen LogP contribution < -0.4 is 4.74 Å². The Hall–Kier alpha value is -1.87. The average Bonchev–Trinajstić information content (AvgIpc) is 2.79. The van der Waals surface area contributed by atoms with Crippen molar-refractivity contribution in [1.82, 2.24) is 9.80 Å². The minimum Gasteiger partial charge on any atom is -0.490 e. The van der Waals surface area contributed by atoms with E-state index in [-0.39, 0.29) is 31.4 Å². The summed E-state index contributed by atoms with van der Waals surface area (Å²) in [5.41, 5.74) is -0.0252. The molecule has 2 saturated heterocycles. The van der Waals surface area contributed by atoms with Gasteiger partial charge >= 0.3 is 0 Å². The molecule has 0 spiro atoms. The van der Waals surface area contributed by atoms with Crippen molar-refractivity contribution in [3.05, 3.63) is 28.8 Å². The van der Waals surface area contributed by atoms with Crippen molar-refractivity contribution in [3.8, 4) is 5.75 Å². The monoisotopic (exact) mass is 454 g/mol. The van der Waals surface area contributed by atoms with E-state index in [1.54, 1.807) is 29.0 Å². The molecule has 1 aromatic rings. The molecule has 2 aliphatic rings. The molecule has 0 bridgehead atoms. The Morgan fingerprint density at radius 2 is 1.87 bits per heavy atom. The number of ether oxygens (including phenoxy) is 4. The number of morpholine rings is 2. The summed E-state index contributed by atoms with van der Waals surface area (Å²) in [5.74, 6) is 0.604. The standard InChI is InChI=1S/C22H31ClN2O6/c1-17-13-18(3-4-19(17)23)30-16-22(14-21(27)24-6-10-29-11-7-24)15-25(8-12-31-22)20(26)5-9-28-2/h3-4,13H,5-12,14-16H2,1-2H3. The number of nitrogens with zero attached hydrogens (tertiary/aromatic N) is 2. The van der Waals surface area contributed by atoms with Gasteiger partial charge in [0, 0.05) is 31.8 Å². The average molecular weight is 455 g/mol. The summed E-state index contributed by atoms with van der Waals surface area (Å²) in [6, 6.07) is 5.42. The van der Waals surface area contributed by atoms with Gasteiger partial charge in [-0.15, -0.1) is 0 Å². The van der Waals surface area contributed by atoms with Crippen LogP contribution in [0.15, 0.2) is 18.2 Å². The summed E-state index contributed by atoms with van der Waals surface area (Å²) in [6.45, 7) is 5.70. The second-order valence-corrected chi connectivity index (χ2v) is 8.37. The lowest BCUT2D eigenvalue weighted by Gasteiger charge is -2.43. The van der Waals surface area contributed by atoms with Crippen molar-refractivity contribution < 1.29 is 28.5 Å². The van der Waals surface area contributed by atoms with E-state index in [1.165, 1.54) is 0 Å². The van der Waals surface area contributed by atoms with Crippen LogP contribution in [-0.4, -0.2) is 93.5 Å². The van der Waals surface area contributed by atoms with E-state index < -0.39 is 5.60 Å². The fraction of sp³-hybridized carbons (Fsp3) is 0.636. The number of hydrogen-bond donors (Lipinski definition) is 0. The SMILES string of the molecule is COCCC(=O)N1CCOC(COc2ccc(Cl)c(C)c2)(CC(=O)N2CCOCC2)C1. The number of amides is 2. The third kappa shape index (κ3) is 6.55. The molecule has 2 fully saturated rings. The van der Waals surface area contributed by atoms with Crippen LogP contribution in [0.3, 0.4) is 0 Å². The summed E-state index contributed by atoms with van der Waals surface area (Å²) in [4.78, 5) is 29.2. The fourth-order valence-corrected chi connectivity index (χ4v) is 3.89. The van der Waals surface area contributed by atoms with Crippen LogP contribution in [0, 0.1) is 6.92 Å². The lowest BCUT2D eigenvalue weighted by molar-refractivity contribution is -0.167. The first-order valence-electron chi connectivity index (χ1n) is 10.6. The van der Waals surface area contributed by atoms with Gasteiger partial charge < -0.3 is 28.7 Å². The molecule has 1 aromatic carbocycles. The summed E-state index contributed by atoms with van der Waals surface area (Å²) >= 11 is 6.11. The predicted octanol–water partition coefficient (Wildman–Crippen LogP) is 1.91. The molecule has 8 nitrogen and oxygen atoms in total. The van der Waals surface area contributed by atoms with Gasteiger partial charge in [0.1, 0.15) is 18.0 Å². The van der Waals surface area contributed by atoms with Crippen LogP contribution in [0.2, 0.25) is 5.02 Å². The Labute approximate surface area is 188 Å². The normalized spacial score (nSPS) is 21.8. The molecule has 9 heteroatoms. The summed E-state index contributed by atoms with van der Waals surface area (Å²) in [5, 5.41) is 0.661. The molecule has 3 rings (SSSR count). The summed E-state index contributed by atoms with van der Waals surface area (Å²) in [6.07, 6.45) is 0.425. The third-order valence-electron chi connectivity index (χ3n) is 5.59. The number of rotatable bonds is 8. The van der Waals surface area contributed by atoms with Gasteiger partial charge in [0.15, 0.2) is 0 Å². The van der Waals surface area contributed by atoms with E-state index in [0.717, 1.165) is 5.56 Å². The zero-order valence-electron chi connectivity index (χ0n) is 18.2. The quantitative estimate of drug-likeness (QED) is 0.597. The highest BCUT2D eigenvalue weighted by Gasteiger charge is 2.42. The first-order valence-corrected chi connectivity index (χ1v) is 11.0. The minimum absolute atomic E-state index is 0.0179. The maximum absolute atomic E-state index is 13.0.